The molecule has 0 spiro atoms. The van der Waals surface area contributed by atoms with Crippen LogP contribution in [0.25, 0.3) is 0 Å². The molecule has 0 N–H and O–H groups in total. The number of rotatable bonds is 0. The molecule has 0 unspecified atom stereocenters. The quantitative estimate of drug-likeness (QED) is 0.352. The third-order valence-corrected chi connectivity index (χ3v) is 1.74. The summed E-state index contributed by atoms with van der Waals surface area (Å²) in [5.74, 6) is 0. The number of hydrogen-bond acceptors (Lipinski definition) is 0. The Morgan fingerprint density at radius 1 is 1.10 bits per heavy atom. The largest absolute Gasteiger partial charge is 1.00 e. The highest BCUT2D eigenvalue weighted by atomic mass is 127. The summed E-state index contributed by atoms with van der Waals surface area (Å²) in [5, 5.41) is 0. The van der Waals surface area contributed by atoms with Gasteiger partial charge in [-0.1, -0.05) is 13.2 Å². The first-order valence-corrected chi connectivity index (χ1v) is 3.19. The molecule has 1 nitrogen and oxygen atoms in total. The zero-order valence-corrected chi connectivity index (χ0v) is 8.81. The van der Waals surface area contributed by atoms with E-state index in [9.17, 15) is 0 Å². The van der Waals surface area contributed by atoms with Gasteiger partial charge in [0.2, 0.25) is 0 Å². The maximum Gasteiger partial charge on any atom is 0.104 e. The summed E-state index contributed by atoms with van der Waals surface area (Å²) in [4.78, 5) is 0. The first-order chi connectivity index (χ1) is 4.01. The van der Waals surface area contributed by atoms with Crippen molar-refractivity contribution >= 4 is 0 Å². The number of nitrogens with zero attached hydrogens (tertiary/aromatic N) is 1. The predicted molar refractivity (Wildman–Crippen MR) is 40.1 cm³/mol. The lowest BCUT2D eigenvalue weighted by Crippen LogP contribution is -3.00. The number of halogens is 1. The monoisotopic (exact) mass is 251 g/mol. The van der Waals surface area contributed by atoms with Crippen molar-refractivity contribution in [2.45, 2.75) is 0 Å². The average Bonchev–Trinajstić information content (AvgIpc) is 1.79. The molecule has 0 radical (unpaired) electrons. The minimum atomic E-state index is 0. The lowest BCUT2D eigenvalue weighted by Gasteiger charge is -2.21. The summed E-state index contributed by atoms with van der Waals surface area (Å²) in [5.41, 5.74) is 2.44. The van der Waals surface area contributed by atoms with Crippen LogP contribution in [-0.4, -0.2) is 31.7 Å². The van der Waals surface area contributed by atoms with Crippen LogP contribution in [0.4, 0.5) is 0 Å². The van der Waals surface area contributed by atoms with Gasteiger partial charge in [-0.3, -0.25) is 0 Å². The molecule has 0 atom stereocenters. The molecule has 1 fully saturated rings. The number of likely N-dealkylation sites (tertiary alicyclic amines) is 1. The van der Waals surface area contributed by atoms with Crippen LogP contribution in [0.2, 0.25) is 0 Å². The molecule has 1 rings (SSSR count). The molecule has 0 bridgehead atoms. The van der Waals surface area contributed by atoms with Crippen LogP contribution in [0.1, 0.15) is 0 Å². The maximum atomic E-state index is 3.92. The summed E-state index contributed by atoms with van der Waals surface area (Å²) in [7, 11) is 4.40. The topological polar surface area (TPSA) is 0 Å². The highest BCUT2D eigenvalue weighted by molar-refractivity contribution is 5.28. The Labute approximate surface area is 80.0 Å². The van der Waals surface area contributed by atoms with Gasteiger partial charge in [0, 0.05) is 11.1 Å². The standard InChI is InChI=1S/C8H14N.HI/c1-7-5-9(3,4)6-8(7)2;/h1-2,5-6H2,3-4H3;1H/q+1;/p-1. The van der Waals surface area contributed by atoms with Crippen molar-refractivity contribution in [1.29, 1.82) is 0 Å². The normalized spacial score (nSPS) is 22.6. The van der Waals surface area contributed by atoms with E-state index in [0.717, 1.165) is 17.6 Å². The summed E-state index contributed by atoms with van der Waals surface area (Å²) in [6.45, 7) is 9.97. The zero-order chi connectivity index (χ0) is 7.07. The van der Waals surface area contributed by atoms with Gasteiger partial charge in [0.05, 0.1) is 14.1 Å². The molecular weight excluding hydrogens is 237 g/mol. The molecule has 1 aliphatic heterocycles. The summed E-state index contributed by atoms with van der Waals surface area (Å²) >= 11 is 0. The molecule has 0 saturated carbocycles. The van der Waals surface area contributed by atoms with E-state index in [-0.39, 0.29) is 24.0 Å². The SMILES string of the molecule is C=C1C[N+](C)(C)CC1=C.[I-]. The van der Waals surface area contributed by atoms with Crippen molar-refractivity contribution in [1.82, 2.24) is 0 Å². The highest BCUT2D eigenvalue weighted by Gasteiger charge is 2.27. The van der Waals surface area contributed by atoms with Gasteiger partial charge in [-0.15, -0.1) is 0 Å². The van der Waals surface area contributed by atoms with Crippen LogP contribution in [0.5, 0.6) is 0 Å². The maximum absolute atomic E-state index is 3.92. The second-order valence-corrected chi connectivity index (χ2v) is 3.46. The fourth-order valence-electron chi connectivity index (χ4n) is 1.31. The lowest BCUT2D eigenvalue weighted by atomic mass is 10.2. The molecule has 1 saturated heterocycles. The van der Waals surface area contributed by atoms with E-state index >= 15 is 0 Å². The van der Waals surface area contributed by atoms with Gasteiger partial charge in [-0.25, -0.2) is 0 Å². The van der Waals surface area contributed by atoms with Crippen LogP contribution in [-0.2, 0) is 0 Å². The van der Waals surface area contributed by atoms with Gasteiger partial charge in [0.25, 0.3) is 0 Å². The molecule has 1 aliphatic rings. The molecule has 0 aromatic rings. The van der Waals surface area contributed by atoms with Gasteiger partial charge < -0.3 is 28.5 Å². The molecule has 0 amide bonds. The second-order valence-electron chi connectivity index (χ2n) is 3.46. The summed E-state index contributed by atoms with van der Waals surface area (Å²) < 4.78 is 1.03. The Morgan fingerprint density at radius 2 is 1.40 bits per heavy atom. The van der Waals surface area contributed by atoms with E-state index in [1.54, 1.807) is 0 Å². The molecular formula is C8H14IN. The molecule has 0 aromatic carbocycles. The van der Waals surface area contributed by atoms with Gasteiger partial charge in [0.1, 0.15) is 13.1 Å². The van der Waals surface area contributed by atoms with E-state index in [4.69, 9.17) is 0 Å². The lowest BCUT2D eigenvalue weighted by molar-refractivity contribution is -0.872. The number of quaternary nitrogens is 1. The number of hydrogen-bond donors (Lipinski definition) is 0. The first kappa shape index (κ1) is 10.2. The van der Waals surface area contributed by atoms with E-state index in [0.29, 0.717) is 0 Å². The van der Waals surface area contributed by atoms with Crippen molar-refractivity contribution in [3.63, 3.8) is 0 Å². The highest BCUT2D eigenvalue weighted by Crippen LogP contribution is 2.21. The van der Waals surface area contributed by atoms with E-state index in [2.05, 4.69) is 27.3 Å². The zero-order valence-electron chi connectivity index (χ0n) is 6.65. The van der Waals surface area contributed by atoms with E-state index < -0.39 is 0 Å². The molecule has 0 aliphatic carbocycles. The first-order valence-electron chi connectivity index (χ1n) is 3.19. The van der Waals surface area contributed by atoms with Crippen LogP contribution in [0.3, 0.4) is 0 Å². The fourth-order valence-corrected chi connectivity index (χ4v) is 1.31. The van der Waals surface area contributed by atoms with Crippen molar-refractivity contribution in [2.24, 2.45) is 0 Å². The molecule has 10 heavy (non-hydrogen) atoms. The molecule has 1 heterocycles. The average molecular weight is 251 g/mol. The van der Waals surface area contributed by atoms with Crippen molar-refractivity contribution < 1.29 is 28.5 Å². The smallest absolute Gasteiger partial charge is 0.104 e. The Balaban J connectivity index is 0.000000810. The van der Waals surface area contributed by atoms with Crippen LogP contribution < -0.4 is 24.0 Å². The van der Waals surface area contributed by atoms with Crippen LogP contribution in [0.15, 0.2) is 24.3 Å². The Kier molecular flexibility index (Phi) is 3.10. The van der Waals surface area contributed by atoms with Crippen molar-refractivity contribution in [3.8, 4) is 0 Å². The molecule has 58 valence electrons. The Morgan fingerprint density at radius 3 is 1.50 bits per heavy atom. The van der Waals surface area contributed by atoms with Crippen LogP contribution >= 0.6 is 0 Å². The van der Waals surface area contributed by atoms with E-state index in [1.165, 1.54) is 11.1 Å². The summed E-state index contributed by atoms with van der Waals surface area (Å²) in [6.07, 6.45) is 0. The Bertz CT molecular complexity index is 152. The Hall–Kier alpha value is 0.170. The molecule has 0 aromatic heterocycles. The van der Waals surface area contributed by atoms with Crippen molar-refractivity contribution in [3.05, 3.63) is 24.3 Å². The minimum absolute atomic E-state index is 0. The van der Waals surface area contributed by atoms with Gasteiger partial charge >= 0.3 is 0 Å². The van der Waals surface area contributed by atoms with Crippen LogP contribution in [0, 0.1) is 0 Å². The summed E-state index contributed by atoms with van der Waals surface area (Å²) in [6, 6.07) is 0. The third-order valence-electron chi connectivity index (χ3n) is 1.74. The third kappa shape index (κ3) is 2.09. The fraction of sp³-hybridized carbons (Fsp3) is 0.500. The minimum Gasteiger partial charge on any atom is -1.00 e. The van der Waals surface area contributed by atoms with Gasteiger partial charge in [-0.05, 0) is 0 Å². The van der Waals surface area contributed by atoms with Crippen molar-refractivity contribution in [2.75, 3.05) is 27.2 Å². The predicted octanol–water partition coefficient (Wildman–Crippen LogP) is -1.81. The molecule has 2 heteroatoms. The van der Waals surface area contributed by atoms with Gasteiger partial charge in [0.15, 0.2) is 0 Å². The number of likely N-dealkylation sites (N-methyl/N-ethyl adjacent to an activating group) is 1. The second kappa shape index (κ2) is 3.05. The van der Waals surface area contributed by atoms with E-state index in [1.807, 2.05) is 0 Å². The van der Waals surface area contributed by atoms with Gasteiger partial charge in [-0.2, -0.15) is 0 Å².